The molecule has 0 unspecified atom stereocenters. The van der Waals surface area contributed by atoms with Crippen LogP contribution in [0, 0.1) is 0 Å². The molecule has 0 fully saturated rings. The van der Waals surface area contributed by atoms with E-state index in [0.717, 1.165) is 15.7 Å². The first-order valence-corrected chi connectivity index (χ1v) is 6.33. The lowest BCUT2D eigenvalue weighted by molar-refractivity contribution is 0.224. The van der Waals surface area contributed by atoms with Gasteiger partial charge in [-0.05, 0) is 18.2 Å². The molecule has 2 amide bonds. The quantitative estimate of drug-likeness (QED) is 0.591. The molecule has 0 saturated carbocycles. The number of urea groups is 1. The van der Waals surface area contributed by atoms with Crippen LogP contribution >= 0.6 is 15.9 Å². The van der Waals surface area contributed by atoms with Gasteiger partial charge in [0.2, 0.25) is 0 Å². The highest BCUT2D eigenvalue weighted by Crippen LogP contribution is 2.30. The Labute approximate surface area is 114 Å². The summed E-state index contributed by atoms with van der Waals surface area (Å²) in [6.07, 6.45) is 0.541. The van der Waals surface area contributed by atoms with E-state index in [1.54, 1.807) is 19.0 Å². The zero-order valence-corrected chi connectivity index (χ0v) is 11.8. The number of hydrogen-bond acceptors (Lipinski definition) is 3. The van der Waals surface area contributed by atoms with E-state index in [1.165, 1.54) is 4.90 Å². The van der Waals surface area contributed by atoms with Crippen molar-refractivity contribution in [2.24, 2.45) is 5.16 Å². The Morgan fingerprint density at radius 1 is 1.50 bits per heavy atom. The van der Waals surface area contributed by atoms with Crippen LogP contribution in [0.1, 0.15) is 12.0 Å². The molecule has 0 aliphatic carbocycles. The summed E-state index contributed by atoms with van der Waals surface area (Å²) in [6, 6.07) is 5.51. The van der Waals surface area contributed by atoms with Gasteiger partial charge in [0.25, 0.3) is 0 Å². The lowest BCUT2D eigenvalue weighted by Gasteiger charge is -2.31. The average molecular weight is 312 g/mol. The Morgan fingerprint density at radius 3 is 2.83 bits per heavy atom. The molecule has 0 bridgehead atoms. The summed E-state index contributed by atoms with van der Waals surface area (Å²) < 4.78 is 0.890. The van der Waals surface area contributed by atoms with E-state index >= 15 is 0 Å². The van der Waals surface area contributed by atoms with Gasteiger partial charge in [0, 0.05) is 37.1 Å². The summed E-state index contributed by atoms with van der Waals surface area (Å²) in [4.78, 5) is 15.3. The number of carbonyl (C=O) groups is 1. The van der Waals surface area contributed by atoms with Gasteiger partial charge in [0.1, 0.15) is 0 Å². The number of halogens is 1. The summed E-state index contributed by atoms with van der Waals surface area (Å²) in [5.41, 5.74) is 2.17. The molecule has 1 N–H and O–H groups in total. The van der Waals surface area contributed by atoms with Gasteiger partial charge in [-0.15, -0.1) is 0 Å². The second-order valence-corrected chi connectivity index (χ2v) is 5.20. The van der Waals surface area contributed by atoms with Crippen molar-refractivity contribution in [1.29, 1.82) is 0 Å². The van der Waals surface area contributed by atoms with E-state index in [1.807, 2.05) is 18.2 Å². The maximum atomic E-state index is 12.1. The van der Waals surface area contributed by atoms with Gasteiger partial charge in [0.15, 0.2) is 0 Å². The molecule has 5 nitrogen and oxygen atoms in total. The predicted molar refractivity (Wildman–Crippen MR) is 73.5 cm³/mol. The first kappa shape index (κ1) is 12.9. The molecular formula is C12H14BrN3O2. The number of rotatable bonds is 0. The summed E-state index contributed by atoms with van der Waals surface area (Å²) in [6.45, 7) is 0.519. The van der Waals surface area contributed by atoms with Gasteiger partial charge in [-0.25, -0.2) is 4.79 Å². The van der Waals surface area contributed by atoms with Crippen LogP contribution in [0.3, 0.4) is 0 Å². The molecule has 96 valence electrons. The minimum Gasteiger partial charge on any atom is -0.411 e. The van der Waals surface area contributed by atoms with Crippen molar-refractivity contribution >= 4 is 33.4 Å². The van der Waals surface area contributed by atoms with E-state index in [-0.39, 0.29) is 6.03 Å². The number of benzene rings is 1. The first-order valence-electron chi connectivity index (χ1n) is 5.54. The minimum atomic E-state index is -0.0736. The Balaban J connectivity index is 2.50. The van der Waals surface area contributed by atoms with Gasteiger partial charge in [-0.1, -0.05) is 21.1 Å². The van der Waals surface area contributed by atoms with E-state index in [9.17, 15) is 4.79 Å². The summed E-state index contributed by atoms with van der Waals surface area (Å²) in [7, 11) is 3.44. The van der Waals surface area contributed by atoms with Crippen LogP contribution in [0.5, 0.6) is 0 Å². The van der Waals surface area contributed by atoms with Gasteiger partial charge in [0.05, 0.1) is 11.4 Å². The number of fused-ring (bicyclic) bond motifs is 1. The number of nitrogens with zero attached hydrogens (tertiary/aromatic N) is 3. The molecule has 18 heavy (non-hydrogen) atoms. The molecule has 0 spiro atoms. The van der Waals surface area contributed by atoms with E-state index < -0.39 is 0 Å². The van der Waals surface area contributed by atoms with Gasteiger partial charge in [-0.2, -0.15) is 0 Å². The maximum absolute atomic E-state index is 12.1. The fourth-order valence-electron chi connectivity index (χ4n) is 1.99. The smallest absolute Gasteiger partial charge is 0.323 e. The minimum absolute atomic E-state index is 0.0736. The fraction of sp³-hybridized carbons (Fsp3) is 0.333. The number of anilines is 1. The van der Waals surface area contributed by atoms with Crippen LogP contribution < -0.4 is 4.90 Å². The number of hydrogen-bond donors (Lipinski definition) is 1. The Kier molecular flexibility index (Phi) is 3.56. The molecule has 0 radical (unpaired) electrons. The van der Waals surface area contributed by atoms with Gasteiger partial charge < -0.3 is 10.1 Å². The monoisotopic (exact) mass is 311 g/mol. The number of oxime groups is 1. The molecule has 1 aromatic carbocycles. The molecule has 1 aromatic rings. The predicted octanol–water partition coefficient (Wildman–Crippen LogP) is 2.52. The third kappa shape index (κ3) is 2.20. The van der Waals surface area contributed by atoms with Crippen LogP contribution in [0.4, 0.5) is 10.5 Å². The SMILES string of the molecule is CN(C)C(=O)N1CC/C(=N\O)c2cc(Br)ccc21. The summed E-state index contributed by atoms with van der Waals surface area (Å²) >= 11 is 3.38. The lowest BCUT2D eigenvalue weighted by atomic mass is 10.00. The zero-order chi connectivity index (χ0) is 13.3. The van der Waals surface area contributed by atoms with Crippen LogP contribution in [-0.4, -0.2) is 42.5 Å². The van der Waals surface area contributed by atoms with E-state index in [0.29, 0.717) is 18.7 Å². The summed E-state index contributed by atoms with van der Waals surface area (Å²) in [5.74, 6) is 0. The molecular weight excluding hydrogens is 298 g/mol. The molecule has 0 atom stereocenters. The Hall–Kier alpha value is -1.56. The highest BCUT2D eigenvalue weighted by atomic mass is 79.9. The van der Waals surface area contributed by atoms with Crippen LogP contribution in [0.25, 0.3) is 0 Å². The van der Waals surface area contributed by atoms with Crippen molar-refractivity contribution in [2.75, 3.05) is 25.5 Å². The third-order valence-electron chi connectivity index (χ3n) is 2.87. The number of carbonyl (C=O) groups excluding carboxylic acids is 1. The largest absolute Gasteiger partial charge is 0.411 e. The molecule has 0 saturated heterocycles. The molecule has 0 aromatic heterocycles. The fourth-order valence-corrected chi connectivity index (χ4v) is 2.35. The zero-order valence-electron chi connectivity index (χ0n) is 10.2. The summed E-state index contributed by atoms with van der Waals surface area (Å²) in [5, 5.41) is 12.3. The van der Waals surface area contributed by atoms with Gasteiger partial charge >= 0.3 is 6.03 Å². The standard InChI is InChI=1S/C12H14BrN3O2/c1-15(2)12(17)16-6-5-10(14-18)9-7-8(13)3-4-11(9)16/h3-4,7,18H,5-6H2,1-2H3/b14-10+. The van der Waals surface area contributed by atoms with Crippen LogP contribution in [-0.2, 0) is 0 Å². The van der Waals surface area contributed by atoms with Crippen molar-refractivity contribution in [3.8, 4) is 0 Å². The van der Waals surface area contributed by atoms with Crippen molar-refractivity contribution in [3.63, 3.8) is 0 Å². The van der Waals surface area contributed by atoms with Crippen LogP contribution in [0.15, 0.2) is 27.8 Å². The van der Waals surface area contributed by atoms with Crippen molar-refractivity contribution in [3.05, 3.63) is 28.2 Å². The average Bonchev–Trinajstić information content (AvgIpc) is 2.36. The first-order chi connectivity index (χ1) is 8.54. The maximum Gasteiger partial charge on any atom is 0.323 e. The van der Waals surface area contributed by atoms with Gasteiger partial charge in [-0.3, -0.25) is 4.90 Å². The second kappa shape index (κ2) is 4.97. The molecule has 2 rings (SSSR count). The second-order valence-electron chi connectivity index (χ2n) is 4.29. The normalized spacial score (nSPS) is 16.6. The van der Waals surface area contributed by atoms with Crippen LogP contribution in [0.2, 0.25) is 0 Å². The van der Waals surface area contributed by atoms with Crippen molar-refractivity contribution in [2.45, 2.75) is 6.42 Å². The van der Waals surface area contributed by atoms with E-state index in [4.69, 9.17) is 5.21 Å². The Bertz CT molecular complexity index is 514. The number of amides is 2. The third-order valence-corrected chi connectivity index (χ3v) is 3.36. The van der Waals surface area contributed by atoms with Crippen molar-refractivity contribution in [1.82, 2.24) is 4.90 Å². The topological polar surface area (TPSA) is 56.1 Å². The van der Waals surface area contributed by atoms with E-state index in [2.05, 4.69) is 21.1 Å². The molecule has 6 heteroatoms. The van der Waals surface area contributed by atoms with Crippen molar-refractivity contribution < 1.29 is 10.0 Å². The lowest BCUT2D eigenvalue weighted by Crippen LogP contribution is -2.43. The molecule has 1 aliphatic heterocycles. The highest BCUT2D eigenvalue weighted by molar-refractivity contribution is 9.10. The highest BCUT2D eigenvalue weighted by Gasteiger charge is 2.27. The molecule has 1 heterocycles. The Morgan fingerprint density at radius 2 is 2.22 bits per heavy atom. The molecule has 1 aliphatic rings.